The van der Waals surface area contributed by atoms with Crippen LogP contribution in [0.1, 0.15) is 11.4 Å². The Kier molecular flexibility index (Phi) is 4.71. The summed E-state index contributed by atoms with van der Waals surface area (Å²) in [6.45, 7) is 0.213. The largest absolute Gasteiger partial charge is 0.345 e. The lowest BCUT2D eigenvalue weighted by atomic mass is 10.2. The molecule has 6 nitrogen and oxygen atoms in total. The maximum atomic E-state index is 12.9. The minimum absolute atomic E-state index is 0.213. The molecule has 0 atom stereocenters. The van der Waals surface area contributed by atoms with E-state index in [2.05, 4.69) is 25.5 Å². The number of rotatable bonds is 5. The fourth-order valence-corrected chi connectivity index (χ4v) is 1.98. The van der Waals surface area contributed by atoms with E-state index in [1.54, 1.807) is 36.7 Å². The minimum Gasteiger partial charge on any atom is -0.345 e. The molecule has 0 fully saturated rings. The Morgan fingerprint density at radius 1 is 1.25 bits per heavy atom. The van der Waals surface area contributed by atoms with Crippen molar-refractivity contribution in [2.24, 2.45) is 0 Å². The van der Waals surface area contributed by atoms with Gasteiger partial charge in [0.15, 0.2) is 5.82 Å². The Morgan fingerprint density at radius 2 is 2.08 bits per heavy atom. The number of aromatic amines is 1. The van der Waals surface area contributed by atoms with Crippen LogP contribution in [0.2, 0.25) is 0 Å². The van der Waals surface area contributed by atoms with Crippen molar-refractivity contribution in [3.8, 4) is 11.4 Å². The first-order valence-electron chi connectivity index (χ1n) is 7.24. The van der Waals surface area contributed by atoms with Gasteiger partial charge in [-0.1, -0.05) is 6.07 Å². The average molecular weight is 323 g/mol. The zero-order chi connectivity index (χ0) is 16.8. The highest BCUT2D eigenvalue weighted by atomic mass is 19.1. The van der Waals surface area contributed by atoms with Crippen LogP contribution in [0.3, 0.4) is 0 Å². The second-order valence-electron chi connectivity index (χ2n) is 4.95. The molecule has 0 radical (unpaired) electrons. The molecule has 0 aliphatic carbocycles. The van der Waals surface area contributed by atoms with Gasteiger partial charge >= 0.3 is 0 Å². The molecule has 0 spiro atoms. The van der Waals surface area contributed by atoms with Crippen molar-refractivity contribution in [1.82, 2.24) is 25.5 Å². The summed E-state index contributed by atoms with van der Waals surface area (Å²) in [5.41, 5.74) is 1.53. The Morgan fingerprint density at radius 3 is 2.83 bits per heavy atom. The molecule has 0 saturated carbocycles. The predicted octanol–water partition coefficient (Wildman–Crippen LogP) is 2.34. The number of pyridine rings is 1. The number of H-pyrrole nitrogens is 1. The number of nitrogens with zero attached hydrogens (tertiary/aromatic N) is 3. The third-order valence-electron chi connectivity index (χ3n) is 3.18. The zero-order valence-corrected chi connectivity index (χ0v) is 12.6. The molecular formula is C17H14FN5O. The molecule has 0 saturated heterocycles. The molecule has 1 aromatic carbocycles. The fraction of sp³-hybridized carbons (Fsp3) is 0.0588. The summed E-state index contributed by atoms with van der Waals surface area (Å²) < 4.78 is 12.9. The topological polar surface area (TPSA) is 83.6 Å². The molecule has 2 aromatic heterocycles. The summed E-state index contributed by atoms with van der Waals surface area (Å²) >= 11 is 0. The van der Waals surface area contributed by atoms with Gasteiger partial charge in [0.25, 0.3) is 0 Å². The zero-order valence-electron chi connectivity index (χ0n) is 12.6. The molecule has 2 N–H and O–H groups in total. The van der Waals surface area contributed by atoms with Gasteiger partial charge in [-0.2, -0.15) is 5.10 Å². The van der Waals surface area contributed by atoms with Crippen molar-refractivity contribution < 1.29 is 9.18 Å². The second-order valence-corrected chi connectivity index (χ2v) is 4.95. The van der Waals surface area contributed by atoms with Crippen molar-refractivity contribution >= 4 is 12.0 Å². The van der Waals surface area contributed by atoms with E-state index in [1.165, 1.54) is 18.2 Å². The van der Waals surface area contributed by atoms with Gasteiger partial charge in [0.1, 0.15) is 11.6 Å². The molecule has 2 heterocycles. The Balaban J connectivity index is 1.56. The first-order chi connectivity index (χ1) is 11.7. The van der Waals surface area contributed by atoms with Crippen LogP contribution in [0.25, 0.3) is 17.5 Å². The molecule has 3 aromatic rings. The van der Waals surface area contributed by atoms with Crippen LogP contribution in [0.15, 0.2) is 54.9 Å². The van der Waals surface area contributed by atoms with Crippen molar-refractivity contribution in [2.75, 3.05) is 0 Å². The van der Waals surface area contributed by atoms with E-state index in [-0.39, 0.29) is 18.3 Å². The van der Waals surface area contributed by atoms with Crippen LogP contribution in [0.5, 0.6) is 0 Å². The van der Waals surface area contributed by atoms with Gasteiger partial charge in [-0.3, -0.25) is 14.9 Å². The SMILES string of the molecule is O=C(/C=C/c1cccnc1)NCc1nc(-c2ccc(F)cc2)n[nH]1. The summed E-state index contributed by atoms with van der Waals surface area (Å²) in [7, 11) is 0. The number of aromatic nitrogens is 4. The highest BCUT2D eigenvalue weighted by Gasteiger charge is 2.06. The lowest BCUT2D eigenvalue weighted by molar-refractivity contribution is -0.116. The Labute approximate surface area is 137 Å². The van der Waals surface area contributed by atoms with Gasteiger partial charge in [-0.25, -0.2) is 9.37 Å². The number of halogens is 1. The van der Waals surface area contributed by atoms with Crippen LogP contribution in [0.4, 0.5) is 4.39 Å². The number of hydrogen-bond acceptors (Lipinski definition) is 4. The molecular weight excluding hydrogens is 309 g/mol. The van der Waals surface area contributed by atoms with E-state index in [1.807, 2.05) is 6.07 Å². The highest BCUT2D eigenvalue weighted by Crippen LogP contribution is 2.14. The lowest BCUT2D eigenvalue weighted by Crippen LogP contribution is -2.20. The van der Waals surface area contributed by atoms with Crippen LogP contribution in [-0.4, -0.2) is 26.1 Å². The summed E-state index contributed by atoms with van der Waals surface area (Å²) in [5, 5.41) is 9.50. The number of carbonyl (C=O) groups excluding carboxylic acids is 1. The Hall–Kier alpha value is -3.35. The van der Waals surface area contributed by atoms with Crippen molar-refractivity contribution in [1.29, 1.82) is 0 Å². The number of amides is 1. The molecule has 3 rings (SSSR count). The van der Waals surface area contributed by atoms with Crippen molar-refractivity contribution in [3.05, 3.63) is 72.1 Å². The molecule has 0 unspecified atom stereocenters. The van der Waals surface area contributed by atoms with Crippen molar-refractivity contribution in [3.63, 3.8) is 0 Å². The Bertz CT molecular complexity index is 843. The third kappa shape index (κ3) is 4.10. The maximum Gasteiger partial charge on any atom is 0.244 e. The van der Waals surface area contributed by atoms with E-state index >= 15 is 0 Å². The quantitative estimate of drug-likeness (QED) is 0.706. The first kappa shape index (κ1) is 15.5. The van der Waals surface area contributed by atoms with Gasteiger partial charge in [-0.05, 0) is 42.0 Å². The van der Waals surface area contributed by atoms with Gasteiger partial charge in [0, 0.05) is 24.0 Å². The van der Waals surface area contributed by atoms with Crippen molar-refractivity contribution in [2.45, 2.75) is 6.54 Å². The smallest absolute Gasteiger partial charge is 0.244 e. The predicted molar refractivity (Wildman–Crippen MR) is 86.9 cm³/mol. The van der Waals surface area contributed by atoms with Crippen LogP contribution in [0, 0.1) is 5.82 Å². The standard InChI is InChI=1S/C17H14FN5O/c18-14-6-4-13(5-7-14)17-21-15(22-23-17)11-20-16(24)8-3-12-2-1-9-19-10-12/h1-10H,11H2,(H,20,24)(H,21,22,23)/b8-3+. The van der Waals surface area contributed by atoms with E-state index in [4.69, 9.17) is 0 Å². The van der Waals surface area contributed by atoms with Crippen LogP contribution < -0.4 is 5.32 Å². The van der Waals surface area contributed by atoms with E-state index in [9.17, 15) is 9.18 Å². The van der Waals surface area contributed by atoms with E-state index in [0.717, 1.165) is 5.56 Å². The molecule has 7 heteroatoms. The third-order valence-corrected chi connectivity index (χ3v) is 3.18. The number of benzene rings is 1. The number of nitrogens with one attached hydrogen (secondary N) is 2. The molecule has 0 aliphatic heterocycles. The summed E-state index contributed by atoms with van der Waals surface area (Å²) in [6.07, 6.45) is 6.43. The first-order valence-corrected chi connectivity index (χ1v) is 7.24. The maximum absolute atomic E-state index is 12.9. The molecule has 0 aliphatic rings. The summed E-state index contributed by atoms with van der Waals surface area (Å²) in [4.78, 5) is 20.0. The summed E-state index contributed by atoms with van der Waals surface area (Å²) in [5.74, 6) is 0.392. The van der Waals surface area contributed by atoms with Crippen LogP contribution in [-0.2, 0) is 11.3 Å². The average Bonchev–Trinajstić information content (AvgIpc) is 3.09. The highest BCUT2D eigenvalue weighted by molar-refractivity contribution is 5.91. The van der Waals surface area contributed by atoms with Gasteiger partial charge < -0.3 is 5.32 Å². The van der Waals surface area contributed by atoms with Gasteiger partial charge in [0.2, 0.25) is 5.91 Å². The molecule has 24 heavy (non-hydrogen) atoms. The summed E-state index contributed by atoms with van der Waals surface area (Å²) in [6, 6.07) is 9.52. The number of carbonyl (C=O) groups is 1. The molecule has 120 valence electrons. The monoisotopic (exact) mass is 323 g/mol. The minimum atomic E-state index is -0.317. The van der Waals surface area contributed by atoms with Gasteiger partial charge in [0.05, 0.1) is 6.54 Å². The normalized spacial score (nSPS) is 10.9. The van der Waals surface area contributed by atoms with E-state index < -0.39 is 0 Å². The fourth-order valence-electron chi connectivity index (χ4n) is 1.98. The molecule has 1 amide bonds. The van der Waals surface area contributed by atoms with Gasteiger partial charge in [-0.15, -0.1) is 0 Å². The van der Waals surface area contributed by atoms with E-state index in [0.29, 0.717) is 17.2 Å². The van der Waals surface area contributed by atoms with Crippen LogP contribution >= 0.6 is 0 Å². The second kappa shape index (κ2) is 7.28. The number of hydrogen-bond donors (Lipinski definition) is 2. The lowest BCUT2D eigenvalue weighted by Gasteiger charge is -1.98. The molecule has 0 bridgehead atoms.